The maximum Gasteiger partial charge on any atom is 0.236 e. The smallest absolute Gasteiger partial charge is 0.236 e. The minimum atomic E-state index is 0.0138. The van der Waals surface area contributed by atoms with Crippen LogP contribution in [0.4, 0.5) is 5.13 Å². The molecular formula is C9H14N2OS2. The third-order valence-corrected chi connectivity index (χ3v) is 3.28. The SMILES string of the molecule is CC(C)(C)SCC(=O)Nc1nccs1. The van der Waals surface area contributed by atoms with Crippen LogP contribution in [0.3, 0.4) is 0 Å². The topological polar surface area (TPSA) is 42.0 Å². The van der Waals surface area contributed by atoms with E-state index in [9.17, 15) is 4.79 Å². The molecule has 0 saturated carbocycles. The van der Waals surface area contributed by atoms with Crippen LogP contribution in [0.5, 0.6) is 0 Å². The van der Waals surface area contributed by atoms with E-state index in [1.807, 2.05) is 5.38 Å². The third kappa shape index (κ3) is 4.62. The fourth-order valence-electron chi connectivity index (χ4n) is 0.723. The lowest BCUT2D eigenvalue weighted by atomic mass is 10.3. The molecule has 1 heterocycles. The fourth-order valence-corrected chi connectivity index (χ4v) is 1.90. The fraction of sp³-hybridized carbons (Fsp3) is 0.556. The van der Waals surface area contributed by atoms with Gasteiger partial charge < -0.3 is 5.32 Å². The molecule has 0 aromatic carbocycles. The highest BCUT2D eigenvalue weighted by atomic mass is 32.2. The number of amides is 1. The first-order chi connectivity index (χ1) is 6.47. The highest BCUT2D eigenvalue weighted by Crippen LogP contribution is 2.23. The molecule has 5 heteroatoms. The number of nitrogens with zero attached hydrogens (tertiary/aromatic N) is 1. The number of hydrogen-bond acceptors (Lipinski definition) is 4. The van der Waals surface area contributed by atoms with E-state index in [4.69, 9.17) is 0 Å². The lowest BCUT2D eigenvalue weighted by Crippen LogP contribution is -2.18. The predicted molar refractivity (Wildman–Crippen MR) is 63.0 cm³/mol. The summed E-state index contributed by atoms with van der Waals surface area (Å²) in [6.45, 7) is 6.27. The Kier molecular flexibility index (Phi) is 3.95. The number of carbonyl (C=O) groups excluding carboxylic acids is 1. The van der Waals surface area contributed by atoms with Gasteiger partial charge in [-0.05, 0) is 0 Å². The molecule has 1 aromatic heterocycles. The second kappa shape index (κ2) is 4.79. The van der Waals surface area contributed by atoms with Crippen molar-refractivity contribution < 1.29 is 4.79 Å². The van der Waals surface area contributed by atoms with E-state index in [-0.39, 0.29) is 10.7 Å². The van der Waals surface area contributed by atoms with Gasteiger partial charge in [0.05, 0.1) is 5.75 Å². The summed E-state index contributed by atoms with van der Waals surface area (Å²) in [5, 5.41) is 5.25. The maximum atomic E-state index is 11.4. The number of anilines is 1. The van der Waals surface area contributed by atoms with Crippen LogP contribution in [-0.2, 0) is 4.79 Å². The van der Waals surface area contributed by atoms with Crippen LogP contribution < -0.4 is 5.32 Å². The van der Waals surface area contributed by atoms with Crippen LogP contribution in [0, 0.1) is 0 Å². The molecule has 14 heavy (non-hydrogen) atoms. The van der Waals surface area contributed by atoms with Crippen LogP contribution in [0.2, 0.25) is 0 Å². The third-order valence-electron chi connectivity index (χ3n) is 1.31. The van der Waals surface area contributed by atoms with Crippen molar-refractivity contribution in [2.24, 2.45) is 0 Å². The van der Waals surface area contributed by atoms with Crippen molar-refractivity contribution in [3.63, 3.8) is 0 Å². The minimum absolute atomic E-state index is 0.0138. The molecular weight excluding hydrogens is 216 g/mol. The zero-order valence-corrected chi connectivity index (χ0v) is 10.2. The molecule has 0 unspecified atom stereocenters. The van der Waals surface area contributed by atoms with E-state index in [0.29, 0.717) is 10.9 Å². The van der Waals surface area contributed by atoms with E-state index < -0.39 is 0 Å². The Bertz CT molecular complexity index is 290. The van der Waals surface area contributed by atoms with Gasteiger partial charge in [-0.1, -0.05) is 20.8 Å². The predicted octanol–water partition coefficient (Wildman–Crippen LogP) is 2.61. The normalized spacial score (nSPS) is 11.4. The number of nitrogens with one attached hydrogen (secondary N) is 1. The molecule has 78 valence electrons. The monoisotopic (exact) mass is 230 g/mol. The first-order valence-corrected chi connectivity index (χ1v) is 6.17. The Balaban J connectivity index is 2.30. The summed E-state index contributed by atoms with van der Waals surface area (Å²) in [5.41, 5.74) is 0. The Labute approximate surface area is 92.3 Å². The molecule has 1 N–H and O–H groups in total. The van der Waals surface area contributed by atoms with Crippen molar-refractivity contribution in [2.75, 3.05) is 11.1 Å². The van der Waals surface area contributed by atoms with Gasteiger partial charge in [0.25, 0.3) is 0 Å². The van der Waals surface area contributed by atoms with Crippen LogP contribution in [0.1, 0.15) is 20.8 Å². The summed E-state index contributed by atoms with van der Waals surface area (Å²) in [5.74, 6) is 0.489. The number of hydrogen-bond donors (Lipinski definition) is 1. The number of rotatable bonds is 3. The zero-order chi connectivity index (χ0) is 10.6. The number of aromatic nitrogens is 1. The molecule has 1 aromatic rings. The van der Waals surface area contributed by atoms with Gasteiger partial charge in [0.1, 0.15) is 0 Å². The highest BCUT2D eigenvalue weighted by molar-refractivity contribution is 8.01. The lowest BCUT2D eigenvalue weighted by molar-refractivity contribution is -0.113. The molecule has 0 aliphatic carbocycles. The zero-order valence-electron chi connectivity index (χ0n) is 8.53. The van der Waals surface area contributed by atoms with E-state index in [0.717, 1.165) is 0 Å². The van der Waals surface area contributed by atoms with Crippen LogP contribution in [0.25, 0.3) is 0 Å². The highest BCUT2D eigenvalue weighted by Gasteiger charge is 2.13. The van der Waals surface area contributed by atoms with E-state index in [1.54, 1.807) is 18.0 Å². The van der Waals surface area contributed by atoms with Gasteiger partial charge in [-0.25, -0.2) is 4.98 Å². The van der Waals surface area contributed by atoms with Crippen molar-refractivity contribution in [3.8, 4) is 0 Å². The summed E-state index contributed by atoms with van der Waals surface area (Å²) in [7, 11) is 0. The summed E-state index contributed by atoms with van der Waals surface area (Å²) < 4.78 is 0.125. The first-order valence-electron chi connectivity index (χ1n) is 4.31. The van der Waals surface area contributed by atoms with Gasteiger partial charge >= 0.3 is 0 Å². The molecule has 0 fully saturated rings. The molecule has 1 rings (SSSR count). The first kappa shape index (κ1) is 11.5. The van der Waals surface area contributed by atoms with Crippen molar-refractivity contribution in [1.82, 2.24) is 4.98 Å². The van der Waals surface area contributed by atoms with Crippen molar-refractivity contribution in [3.05, 3.63) is 11.6 Å². The van der Waals surface area contributed by atoms with E-state index in [2.05, 4.69) is 31.1 Å². The van der Waals surface area contributed by atoms with E-state index >= 15 is 0 Å². The standard InChI is InChI=1S/C9H14N2OS2/c1-9(2,3)14-6-7(12)11-8-10-4-5-13-8/h4-5H,6H2,1-3H3,(H,10,11,12). The average molecular weight is 230 g/mol. The Morgan fingerprint density at radius 2 is 2.36 bits per heavy atom. The molecule has 0 aliphatic rings. The quantitative estimate of drug-likeness (QED) is 0.868. The number of carbonyl (C=O) groups is 1. The summed E-state index contributed by atoms with van der Waals surface area (Å²) in [6.07, 6.45) is 1.68. The molecule has 0 bridgehead atoms. The van der Waals surface area contributed by atoms with Crippen molar-refractivity contribution in [2.45, 2.75) is 25.5 Å². The molecule has 0 saturated heterocycles. The van der Waals surface area contributed by atoms with E-state index in [1.165, 1.54) is 11.3 Å². The molecule has 0 aliphatic heterocycles. The van der Waals surface area contributed by atoms with Crippen LogP contribution >= 0.6 is 23.1 Å². The van der Waals surface area contributed by atoms with Gasteiger partial charge in [-0.15, -0.1) is 23.1 Å². The second-order valence-electron chi connectivity index (χ2n) is 3.79. The van der Waals surface area contributed by atoms with Gasteiger partial charge in [0.15, 0.2) is 5.13 Å². The molecule has 0 spiro atoms. The van der Waals surface area contributed by atoms with Gasteiger partial charge in [-0.2, -0.15) is 0 Å². The van der Waals surface area contributed by atoms with Gasteiger partial charge in [0, 0.05) is 16.3 Å². The lowest BCUT2D eigenvalue weighted by Gasteiger charge is -2.16. The summed E-state index contributed by atoms with van der Waals surface area (Å²) in [4.78, 5) is 15.4. The average Bonchev–Trinajstić information content (AvgIpc) is 2.52. The Morgan fingerprint density at radius 1 is 1.64 bits per heavy atom. The Morgan fingerprint density at radius 3 is 2.86 bits per heavy atom. The minimum Gasteiger partial charge on any atom is -0.301 e. The summed E-state index contributed by atoms with van der Waals surface area (Å²) in [6, 6.07) is 0. The van der Waals surface area contributed by atoms with Gasteiger partial charge in [-0.3, -0.25) is 4.79 Å². The van der Waals surface area contributed by atoms with Crippen molar-refractivity contribution >= 4 is 34.1 Å². The van der Waals surface area contributed by atoms with Crippen LogP contribution in [0.15, 0.2) is 11.6 Å². The van der Waals surface area contributed by atoms with Crippen molar-refractivity contribution in [1.29, 1.82) is 0 Å². The number of thioether (sulfide) groups is 1. The maximum absolute atomic E-state index is 11.4. The Hall–Kier alpha value is -0.550. The second-order valence-corrected chi connectivity index (χ2v) is 6.48. The number of thiazole rings is 1. The molecule has 1 amide bonds. The largest absolute Gasteiger partial charge is 0.301 e. The summed E-state index contributed by atoms with van der Waals surface area (Å²) >= 11 is 3.06. The molecule has 0 atom stereocenters. The van der Waals surface area contributed by atoms with Crippen LogP contribution in [-0.4, -0.2) is 21.4 Å². The molecule has 0 radical (unpaired) electrons. The molecule has 3 nitrogen and oxygen atoms in total. The van der Waals surface area contributed by atoms with Gasteiger partial charge in [0.2, 0.25) is 5.91 Å².